The van der Waals surface area contributed by atoms with Gasteiger partial charge in [-0.3, -0.25) is 9.20 Å². The third kappa shape index (κ3) is 4.20. The van der Waals surface area contributed by atoms with Crippen LogP contribution in [-0.4, -0.2) is 51.7 Å². The Labute approximate surface area is 207 Å². The Morgan fingerprint density at radius 3 is 2.78 bits per heavy atom. The first-order valence-corrected chi connectivity index (χ1v) is 11.8. The van der Waals surface area contributed by atoms with Crippen LogP contribution in [0.15, 0.2) is 77.6 Å². The minimum Gasteiger partial charge on any atom is -0.378 e. The number of nitrogens with zero attached hydrogens (tertiary/aromatic N) is 5. The molecule has 1 saturated heterocycles. The smallest absolute Gasteiger partial charge is 0.274 e. The highest BCUT2D eigenvalue weighted by atomic mass is 16.5. The lowest BCUT2D eigenvalue weighted by Gasteiger charge is -2.28. The molecule has 1 aliphatic heterocycles. The minimum absolute atomic E-state index is 0.248. The van der Waals surface area contributed by atoms with Crippen LogP contribution in [-0.2, 0) is 4.74 Å². The van der Waals surface area contributed by atoms with E-state index >= 15 is 0 Å². The fourth-order valence-electron chi connectivity index (χ4n) is 4.30. The van der Waals surface area contributed by atoms with E-state index in [-0.39, 0.29) is 5.91 Å². The normalized spacial score (nSPS) is 13.8. The predicted molar refractivity (Wildman–Crippen MR) is 136 cm³/mol. The molecular weight excluding hydrogens is 456 g/mol. The molecule has 9 heteroatoms. The summed E-state index contributed by atoms with van der Waals surface area (Å²) in [4.78, 5) is 24.2. The van der Waals surface area contributed by atoms with Crippen molar-refractivity contribution in [3.8, 4) is 22.8 Å². The molecule has 3 aromatic heterocycles. The van der Waals surface area contributed by atoms with Gasteiger partial charge in [0.2, 0.25) is 5.82 Å². The van der Waals surface area contributed by atoms with Crippen molar-refractivity contribution in [3.63, 3.8) is 0 Å². The summed E-state index contributed by atoms with van der Waals surface area (Å²) < 4.78 is 12.8. The zero-order valence-corrected chi connectivity index (χ0v) is 19.7. The fourth-order valence-corrected chi connectivity index (χ4v) is 4.30. The van der Waals surface area contributed by atoms with Crippen LogP contribution in [0.3, 0.4) is 0 Å². The number of anilines is 2. The van der Waals surface area contributed by atoms with Crippen molar-refractivity contribution in [2.24, 2.45) is 0 Å². The first kappa shape index (κ1) is 22.0. The highest BCUT2D eigenvalue weighted by molar-refractivity contribution is 6.04. The van der Waals surface area contributed by atoms with Crippen molar-refractivity contribution in [1.29, 1.82) is 0 Å². The number of pyridine rings is 1. The molecule has 180 valence electrons. The number of aryl methyl sites for hydroxylation is 1. The Kier molecular flexibility index (Phi) is 5.67. The van der Waals surface area contributed by atoms with Gasteiger partial charge >= 0.3 is 0 Å². The second kappa shape index (κ2) is 9.27. The second-order valence-corrected chi connectivity index (χ2v) is 8.63. The molecule has 0 saturated carbocycles. The molecule has 2 aromatic carbocycles. The number of rotatable bonds is 5. The number of imidazole rings is 1. The van der Waals surface area contributed by atoms with E-state index in [1.165, 1.54) is 0 Å². The van der Waals surface area contributed by atoms with E-state index in [2.05, 4.69) is 37.5 Å². The van der Waals surface area contributed by atoms with E-state index in [0.29, 0.717) is 28.7 Å². The van der Waals surface area contributed by atoms with E-state index in [0.717, 1.165) is 48.7 Å². The van der Waals surface area contributed by atoms with Crippen LogP contribution in [0.2, 0.25) is 0 Å². The molecule has 0 bridgehead atoms. The molecule has 6 rings (SSSR count). The average molecular weight is 481 g/mol. The number of benzene rings is 2. The van der Waals surface area contributed by atoms with Gasteiger partial charge in [-0.2, -0.15) is 4.98 Å². The lowest BCUT2D eigenvalue weighted by molar-refractivity contribution is 0.102. The maximum absolute atomic E-state index is 13.0. The third-order valence-electron chi connectivity index (χ3n) is 6.29. The number of fused-ring (bicyclic) bond motifs is 1. The molecule has 0 unspecified atom stereocenters. The predicted octanol–water partition coefficient (Wildman–Crippen LogP) is 4.45. The number of amides is 1. The SMILES string of the molecule is Cc1ccc(-c2noc(-c3cccc(N4CCOCC4)c3)n2)cc1NC(=O)c1cnc2ccccn12. The highest BCUT2D eigenvalue weighted by Crippen LogP contribution is 2.28. The van der Waals surface area contributed by atoms with Crippen molar-refractivity contribution in [3.05, 3.63) is 84.3 Å². The van der Waals surface area contributed by atoms with Gasteiger partial charge in [0.1, 0.15) is 11.3 Å². The van der Waals surface area contributed by atoms with Crippen molar-refractivity contribution in [2.45, 2.75) is 6.92 Å². The van der Waals surface area contributed by atoms with Crippen LogP contribution in [0.4, 0.5) is 11.4 Å². The summed E-state index contributed by atoms with van der Waals surface area (Å²) in [6.45, 7) is 5.08. The van der Waals surface area contributed by atoms with Crippen LogP contribution in [0, 0.1) is 6.92 Å². The molecule has 9 nitrogen and oxygen atoms in total. The molecule has 0 aliphatic carbocycles. The monoisotopic (exact) mass is 480 g/mol. The number of hydrogen-bond acceptors (Lipinski definition) is 7. The fraction of sp³-hybridized carbons (Fsp3) is 0.185. The van der Waals surface area contributed by atoms with E-state index in [1.54, 1.807) is 10.6 Å². The topological polar surface area (TPSA) is 97.8 Å². The van der Waals surface area contributed by atoms with Gasteiger partial charge in [-0.25, -0.2) is 4.98 Å². The number of aromatic nitrogens is 4. The van der Waals surface area contributed by atoms with Gasteiger partial charge in [0.05, 0.1) is 19.4 Å². The van der Waals surface area contributed by atoms with Gasteiger partial charge in [-0.15, -0.1) is 0 Å². The average Bonchev–Trinajstić information content (AvgIpc) is 3.59. The van der Waals surface area contributed by atoms with Crippen molar-refractivity contribution < 1.29 is 14.1 Å². The molecule has 1 fully saturated rings. The largest absolute Gasteiger partial charge is 0.378 e. The first-order valence-electron chi connectivity index (χ1n) is 11.8. The second-order valence-electron chi connectivity index (χ2n) is 8.63. The van der Waals surface area contributed by atoms with E-state index in [4.69, 9.17) is 9.26 Å². The van der Waals surface area contributed by atoms with Gasteiger partial charge in [0.15, 0.2) is 0 Å². The molecule has 4 heterocycles. The van der Waals surface area contributed by atoms with Crippen LogP contribution >= 0.6 is 0 Å². The number of morpholine rings is 1. The molecule has 1 amide bonds. The van der Waals surface area contributed by atoms with E-state index in [1.807, 2.05) is 61.7 Å². The summed E-state index contributed by atoms with van der Waals surface area (Å²) in [5.74, 6) is 0.645. The quantitative estimate of drug-likeness (QED) is 0.397. The number of nitrogens with one attached hydrogen (secondary N) is 1. The number of ether oxygens (including phenoxy) is 1. The maximum atomic E-state index is 13.0. The number of hydrogen-bond donors (Lipinski definition) is 1. The lowest BCUT2D eigenvalue weighted by atomic mass is 10.1. The molecule has 5 aromatic rings. The summed E-state index contributed by atoms with van der Waals surface area (Å²) in [5, 5.41) is 7.19. The third-order valence-corrected chi connectivity index (χ3v) is 6.29. The Bertz CT molecular complexity index is 1550. The van der Waals surface area contributed by atoms with Crippen LogP contribution in [0.5, 0.6) is 0 Å². The summed E-state index contributed by atoms with van der Waals surface area (Å²) in [6, 6.07) is 19.4. The Morgan fingerprint density at radius 1 is 1.00 bits per heavy atom. The van der Waals surface area contributed by atoms with Crippen molar-refractivity contribution in [1.82, 2.24) is 19.5 Å². The van der Waals surface area contributed by atoms with Crippen molar-refractivity contribution >= 4 is 22.9 Å². The number of carbonyl (C=O) groups is 1. The van der Waals surface area contributed by atoms with Crippen molar-refractivity contribution in [2.75, 3.05) is 36.5 Å². The molecule has 0 radical (unpaired) electrons. The number of carbonyl (C=O) groups excluding carboxylic acids is 1. The molecule has 1 aliphatic rings. The summed E-state index contributed by atoms with van der Waals surface area (Å²) in [6.07, 6.45) is 3.38. The van der Waals surface area contributed by atoms with Gasteiger partial charge in [0.25, 0.3) is 11.8 Å². The molecule has 36 heavy (non-hydrogen) atoms. The van der Waals surface area contributed by atoms with Crippen LogP contribution in [0.1, 0.15) is 16.1 Å². The minimum atomic E-state index is -0.248. The van der Waals surface area contributed by atoms with Gasteiger partial charge in [0, 0.05) is 41.8 Å². The molecule has 1 N–H and O–H groups in total. The molecule has 0 atom stereocenters. The van der Waals surface area contributed by atoms with E-state index in [9.17, 15) is 4.79 Å². The Hall–Kier alpha value is -4.50. The molecule has 0 spiro atoms. The first-order chi connectivity index (χ1) is 17.7. The summed E-state index contributed by atoms with van der Waals surface area (Å²) in [7, 11) is 0. The van der Waals surface area contributed by atoms with Crippen LogP contribution in [0.25, 0.3) is 28.5 Å². The van der Waals surface area contributed by atoms with Gasteiger partial charge in [-0.05, 0) is 48.9 Å². The molecular formula is C27H24N6O3. The van der Waals surface area contributed by atoms with Gasteiger partial charge in [-0.1, -0.05) is 29.4 Å². The highest BCUT2D eigenvalue weighted by Gasteiger charge is 2.17. The summed E-state index contributed by atoms with van der Waals surface area (Å²) in [5.41, 5.74) is 5.46. The standard InChI is InChI=1S/C27H24N6O3/c1-18-8-9-19(16-22(18)29-26(34)23-17-28-24-7-2-3-10-33(23)24)25-30-27(36-31-25)20-5-4-6-21(15-20)32-11-13-35-14-12-32/h2-10,15-17H,11-14H2,1H3,(H,29,34). The Morgan fingerprint density at radius 2 is 1.89 bits per heavy atom. The zero-order valence-electron chi connectivity index (χ0n) is 19.7. The summed E-state index contributed by atoms with van der Waals surface area (Å²) >= 11 is 0. The lowest BCUT2D eigenvalue weighted by Crippen LogP contribution is -2.36. The van der Waals surface area contributed by atoms with Crippen LogP contribution < -0.4 is 10.2 Å². The van der Waals surface area contributed by atoms with E-state index < -0.39 is 0 Å². The maximum Gasteiger partial charge on any atom is 0.274 e. The Balaban J connectivity index is 1.25. The zero-order chi connectivity index (χ0) is 24.5. The van der Waals surface area contributed by atoms with Gasteiger partial charge < -0.3 is 19.5 Å².